The minimum atomic E-state index is -0.965. The van der Waals surface area contributed by atoms with Gasteiger partial charge in [-0.2, -0.15) is 5.21 Å². The van der Waals surface area contributed by atoms with Gasteiger partial charge in [0.15, 0.2) is 11.6 Å². The Bertz CT molecular complexity index is 557. The molecule has 0 aliphatic rings. The molecule has 6 nitrogen and oxygen atoms in total. The average molecular weight is 253 g/mol. The molecule has 0 spiro atoms. The van der Waals surface area contributed by atoms with Crippen LogP contribution in [0.2, 0.25) is 0 Å². The van der Waals surface area contributed by atoms with Crippen molar-refractivity contribution < 1.29 is 13.6 Å². The molecule has 1 unspecified atom stereocenters. The van der Waals surface area contributed by atoms with Crippen molar-refractivity contribution in [2.24, 2.45) is 0 Å². The van der Waals surface area contributed by atoms with Gasteiger partial charge in [0.05, 0.1) is 6.04 Å². The lowest BCUT2D eigenvalue weighted by Crippen LogP contribution is -2.27. The second kappa shape index (κ2) is 4.86. The van der Waals surface area contributed by atoms with Gasteiger partial charge in [-0.3, -0.25) is 4.79 Å². The number of halogens is 2. The summed E-state index contributed by atoms with van der Waals surface area (Å²) in [4.78, 5) is 11.6. The third-order valence-electron chi connectivity index (χ3n) is 2.34. The highest BCUT2D eigenvalue weighted by atomic mass is 19.2. The van der Waals surface area contributed by atoms with Crippen molar-refractivity contribution in [3.05, 3.63) is 41.2 Å². The molecule has 2 rings (SSSR count). The normalized spacial score (nSPS) is 12.2. The van der Waals surface area contributed by atoms with E-state index in [4.69, 9.17) is 0 Å². The van der Waals surface area contributed by atoms with E-state index in [9.17, 15) is 13.6 Å². The van der Waals surface area contributed by atoms with Crippen LogP contribution in [0.3, 0.4) is 0 Å². The minimum absolute atomic E-state index is 0.121. The quantitative estimate of drug-likeness (QED) is 0.853. The van der Waals surface area contributed by atoms with E-state index < -0.39 is 23.6 Å². The van der Waals surface area contributed by atoms with Crippen LogP contribution in [0.15, 0.2) is 18.2 Å². The van der Waals surface area contributed by atoms with E-state index in [0.717, 1.165) is 12.1 Å². The van der Waals surface area contributed by atoms with Gasteiger partial charge >= 0.3 is 0 Å². The number of carbonyl (C=O) groups excluding carboxylic acids is 1. The number of rotatable bonds is 3. The van der Waals surface area contributed by atoms with Gasteiger partial charge in [0.2, 0.25) is 0 Å². The summed E-state index contributed by atoms with van der Waals surface area (Å²) < 4.78 is 25.8. The molecule has 1 aromatic heterocycles. The maximum Gasteiger partial charge on any atom is 0.293 e. The third kappa shape index (κ3) is 2.47. The van der Waals surface area contributed by atoms with E-state index in [-0.39, 0.29) is 5.82 Å². The molecule has 1 heterocycles. The smallest absolute Gasteiger partial charge is 0.293 e. The molecule has 0 radical (unpaired) electrons. The Morgan fingerprint density at radius 2 is 2.17 bits per heavy atom. The lowest BCUT2D eigenvalue weighted by molar-refractivity contribution is 0.0929. The lowest BCUT2D eigenvalue weighted by Gasteiger charge is -2.13. The predicted octanol–water partition coefficient (Wildman–Crippen LogP) is 0.969. The molecule has 0 bridgehead atoms. The van der Waals surface area contributed by atoms with Crippen LogP contribution >= 0.6 is 0 Å². The first kappa shape index (κ1) is 12.1. The molecule has 2 aromatic rings. The van der Waals surface area contributed by atoms with Gasteiger partial charge in [-0.15, -0.1) is 10.2 Å². The summed E-state index contributed by atoms with van der Waals surface area (Å²) in [7, 11) is 0. The van der Waals surface area contributed by atoms with E-state index in [2.05, 4.69) is 25.9 Å². The van der Waals surface area contributed by atoms with Gasteiger partial charge < -0.3 is 5.32 Å². The molecule has 2 N–H and O–H groups in total. The summed E-state index contributed by atoms with van der Waals surface area (Å²) >= 11 is 0. The first-order chi connectivity index (χ1) is 8.58. The van der Waals surface area contributed by atoms with E-state index in [1.165, 1.54) is 6.07 Å². The predicted molar refractivity (Wildman–Crippen MR) is 56.4 cm³/mol. The van der Waals surface area contributed by atoms with E-state index in [1.807, 2.05) is 0 Å². The average Bonchev–Trinajstić information content (AvgIpc) is 2.86. The van der Waals surface area contributed by atoms with Crippen LogP contribution in [-0.2, 0) is 0 Å². The van der Waals surface area contributed by atoms with Crippen molar-refractivity contribution in [1.82, 2.24) is 25.9 Å². The lowest BCUT2D eigenvalue weighted by atomic mass is 10.1. The van der Waals surface area contributed by atoms with Gasteiger partial charge in [-0.1, -0.05) is 6.07 Å². The molecule has 0 aliphatic carbocycles. The molecule has 1 aromatic carbocycles. The molecule has 0 aliphatic heterocycles. The fourth-order valence-electron chi connectivity index (χ4n) is 1.38. The number of hydrogen-bond acceptors (Lipinski definition) is 4. The van der Waals surface area contributed by atoms with Gasteiger partial charge in [0.1, 0.15) is 0 Å². The molecular formula is C10H9F2N5O. The van der Waals surface area contributed by atoms with Crippen LogP contribution in [0, 0.1) is 11.6 Å². The van der Waals surface area contributed by atoms with Crippen LogP contribution < -0.4 is 5.32 Å². The number of H-pyrrole nitrogens is 1. The minimum Gasteiger partial charge on any atom is -0.343 e. The maximum atomic E-state index is 13.0. The standard InChI is InChI=1S/C10H9F2N5O/c1-5(6-2-3-7(11)8(12)4-6)13-10(18)9-14-16-17-15-9/h2-5H,1H3,(H,13,18)(H,14,15,16,17). The van der Waals surface area contributed by atoms with Gasteiger partial charge in [0.25, 0.3) is 11.7 Å². The van der Waals surface area contributed by atoms with Crippen molar-refractivity contribution in [2.75, 3.05) is 0 Å². The molecule has 0 saturated heterocycles. The first-order valence-electron chi connectivity index (χ1n) is 5.07. The molecule has 8 heteroatoms. The zero-order chi connectivity index (χ0) is 13.1. The Hall–Kier alpha value is -2.38. The SMILES string of the molecule is CC(NC(=O)c1nn[nH]n1)c1ccc(F)c(F)c1. The summed E-state index contributed by atoms with van der Waals surface area (Å²) in [6.07, 6.45) is 0. The third-order valence-corrected chi connectivity index (χ3v) is 2.34. The van der Waals surface area contributed by atoms with Crippen LogP contribution in [-0.4, -0.2) is 26.5 Å². The molecule has 0 fully saturated rings. The fourth-order valence-corrected chi connectivity index (χ4v) is 1.38. The first-order valence-corrected chi connectivity index (χ1v) is 5.07. The van der Waals surface area contributed by atoms with Gasteiger partial charge in [-0.25, -0.2) is 8.78 Å². The van der Waals surface area contributed by atoms with E-state index in [0.29, 0.717) is 5.56 Å². The van der Waals surface area contributed by atoms with Gasteiger partial charge in [-0.05, 0) is 29.8 Å². The Morgan fingerprint density at radius 3 is 2.78 bits per heavy atom. The number of hydrogen-bond donors (Lipinski definition) is 2. The Labute approximate surface area is 100 Å². The summed E-state index contributed by atoms with van der Waals surface area (Å²) in [5, 5.41) is 14.9. The van der Waals surface area contributed by atoms with E-state index in [1.54, 1.807) is 6.92 Å². The number of nitrogens with zero attached hydrogens (tertiary/aromatic N) is 3. The van der Waals surface area contributed by atoms with Crippen molar-refractivity contribution in [3.63, 3.8) is 0 Å². The molecule has 18 heavy (non-hydrogen) atoms. The highest BCUT2D eigenvalue weighted by molar-refractivity contribution is 5.90. The Morgan fingerprint density at radius 1 is 1.39 bits per heavy atom. The van der Waals surface area contributed by atoms with Crippen molar-refractivity contribution >= 4 is 5.91 Å². The zero-order valence-corrected chi connectivity index (χ0v) is 9.32. The van der Waals surface area contributed by atoms with Crippen LogP contribution in [0.4, 0.5) is 8.78 Å². The van der Waals surface area contributed by atoms with Crippen molar-refractivity contribution in [1.29, 1.82) is 0 Å². The molecule has 0 saturated carbocycles. The number of aromatic amines is 1. The number of nitrogens with one attached hydrogen (secondary N) is 2. The number of benzene rings is 1. The largest absolute Gasteiger partial charge is 0.343 e. The van der Waals surface area contributed by atoms with Gasteiger partial charge in [0, 0.05) is 0 Å². The maximum absolute atomic E-state index is 13.0. The number of amides is 1. The topological polar surface area (TPSA) is 83.6 Å². The highest BCUT2D eigenvalue weighted by Gasteiger charge is 2.16. The Balaban J connectivity index is 2.10. The van der Waals surface area contributed by atoms with Crippen molar-refractivity contribution in [2.45, 2.75) is 13.0 Å². The summed E-state index contributed by atoms with van der Waals surface area (Å²) in [5.41, 5.74) is 0.436. The number of carbonyl (C=O) groups is 1. The van der Waals surface area contributed by atoms with Crippen LogP contribution in [0.5, 0.6) is 0 Å². The second-order valence-electron chi connectivity index (χ2n) is 3.60. The molecular weight excluding hydrogens is 244 g/mol. The van der Waals surface area contributed by atoms with Crippen LogP contribution in [0.1, 0.15) is 29.1 Å². The summed E-state index contributed by atoms with van der Waals surface area (Å²) in [6, 6.07) is 2.91. The Kier molecular flexibility index (Phi) is 3.26. The molecule has 1 amide bonds. The number of aromatic nitrogens is 4. The highest BCUT2D eigenvalue weighted by Crippen LogP contribution is 2.16. The number of tetrazole rings is 1. The zero-order valence-electron chi connectivity index (χ0n) is 9.32. The molecule has 1 atom stereocenters. The van der Waals surface area contributed by atoms with Crippen molar-refractivity contribution in [3.8, 4) is 0 Å². The van der Waals surface area contributed by atoms with E-state index >= 15 is 0 Å². The second-order valence-corrected chi connectivity index (χ2v) is 3.60. The van der Waals surface area contributed by atoms with Crippen LogP contribution in [0.25, 0.3) is 0 Å². The summed E-state index contributed by atoms with van der Waals surface area (Å²) in [5.74, 6) is -2.57. The monoisotopic (exact) mass is 253 g/mol. The molecule has 94 valence electrons. The fraction of sp³-hybridized carbons (Fsp3) is 0.200. The summed E-state index contributed by atoms with van der Waals surface area (Å²) in [6.45, 7) is 1.63.